The van der Waals surface area contributed by atoms with E-state index in [1.54, 1.807) is 0 Å². The lowest BCUT2D eigenvalue weighted by atomic mass is 10.1. The average molecular weight is 378 g/mol. The van der Waals surface area contributed by atoms with Crippen molar-refractivity contribution in [3.05, 3.63) is 64.9 Å². The Morgan fingerprint density at radius 2 is 1.64 bits per heavy atom. The molecular weight excluding hydrogens is 357 g/mol. The van der Waals surface area contributed by atoms with Crippen LogP contribution in [0.1, 0.15) is 5.56 Å². The topological polar surface area (TPSA) is 18.5 Å². The number of thiocarbonyl (C=S) groups is 1. The summed E-state index contributed by atoms with van der Waals surface area (Å²) in [5, 5.41) is 4.89. The van der Waals surface area contributed by atoms with Gasteiger partial charge in [0.1, 0.15) is 5.82 Å². The summed E-state index contributed by atoms with van der Waals surface area (Å²) in [6.45, 7) is 4.29. The maximum absolute atomic E-state index is 13.0. The second-order valence-corrected chi connectivity index (χ2v) is 6.88. The van der Waals surface area contributed by atoms with E-state index in [1.807, 2.05) is 36.4 Å². The fraction of sp³-hybridized carbons (Fsp3) is 0.316. The van der Waals surface area contributed by atoms with E-state index < -0.39 is 0 Å². The molecule has 1 aliphatic rings. The van der Waals surface area contributed by atoms with Crippen molar-refractivity contribution < 1.29 is 4.39 Å². The van der Waals surface area contributed by atoms with Crippen LogP contribution in [0.3, 0.4) is 0 Å². The summed E-state index contributed by atoms with van der Waals surface area (Å²) in [6.07, 6.45) is 0.910. The van der Waals surface area contributed by atoms with Gasteiger partial charge in [0.25, 0.3) is 0 Å². The van der Waals surface area contributed by atoms with Crippen LogP contribution in [0.2, 0.25) is 5.02 Å². The van der Waals surface area contributed by atoms with E-state index in [0.29, 0.717) is 0 Å². The van der Waals surface area contributed by atoms with Crippen molar-refractivity contribution in [2.45, 2.75) is 6.42 Å². The zero-order chi connectivity index (χ0) is 17.6. The molecule has 3 nitrogen and oxygen atoms in total. The Morgan fingerprint density at radius 1 is 1.00 bits per heavy atom. The molecule has 6 heteroatoms. The molecule has 0 radical (unpaired) electrons. The van der Waals surface area contributed by atoms with Gasteiger partial charge in [0.05, 0.1) is 0 Å². The van der Waals surface area contributed by atoms with Gasteiger partial charge in [0.15, 0.2) is 5.11 Å². The number of nitrogens with zero attached hydrogens (tertiary/aromatic N) is 2. The minimum Gasteiger partial charge on any atom is -0.368 e. The second-order valence-electron chi connectivity index (χ2n) is 6.06. The molecule has 0 spiro atoms. The van der Waals surface area contributed by atoms with E-state index in [-0.39, 0.29) is 5.82 Å². The molecular formula is C19H21ClFN3S. The monoisotopic (exact) mass is 377 g/mol. The van der Waals surface area contributed by atoms with Gasteiger partial charge in [-0.2, -0.15) is 0 Å². The SMILES string of the molecule is Fc1ccc(N2CCN(C(=S)NCCc3ccc(Cl)cc3)CC2)cc1. The summed E-state index contributed by atoms with van der Waals surface area (Å²) >= 11 is 11.4. The average Bonchev–Trinajstić information content (AvgIpc) is 2.64. The molecule has 0 atom stereocenters. The predicted molar refractivity (Wildman–Crippen MR) is 106 cm³/mol. The van der Waals surface area contributed by atoms with Crippen molar-refractivity contribution in [1.82, 2.24) is 10.2 Å². The minimum atomic E-state index is -0.201. The van der Waals surface area contributed by atoms with Crippen molar-refractivity contribution >= 4 is 34.6 Å². The van der Waals surface area contributed by atoms with Gasteiger partial charge in [-0.25, -0.2) is 4.39 Å². The summed E-state index contributed by atoms with van der Waals surface area (Å²) in [7, 11) is 0. The Labute approximate surface area is 158 Å². The molecule has 1 saturated heterocycles. The summed E-state index contributed by atoms with van der Waals surface area (Å²) in [4.78, 5) is 4.45. The zero-order valence-electron chi connectivity index (χ0n) is 13.9. The molecule has 3 rings (SSSR count). The largest absolute Gasteiger partial charge is 0.368 e. The van der Waals surface area contributed by atoms with Crippen molar-refractivity contribution in [3.8, 4) is 0 Å². The van der Waals surface area contributed by atoms with E-state index in [9.17, 15) is 4.39 Å². The Bertz CT molecular complexity index is 698. The maximum Gasteiger partial charge on any atom is 0.169 e. The number of rotatable bonds is 4. The molecule has 25 heavy (non-hydrogen) atoms. The highest BCUT2D eigenvalue weighted by atomic mass is 35.5. The molecule has 0 saturated carbocycles. The van der Waals surface area contributed by atoms with E-state index in [4.69, 9.17) is 23.8 Å². The third-order valence-corrected chi connectivity index (χ3v) is 5.02. The van der Waals surface area contributed by atoms with Gasteiger partial charge in [0.2, 0.25) is 0 Å². The molecule has 1 fully saturated rings. The lowest BCUT2D eigenvalue weighted by Crippen LogP contribution is -2.52. The minimum absolute atomic E-state index is 0.201. The highest BCUT2D eigenvalue weighted by molar-refractivity contribution is 7.80. The summed E-state index contributed by atoms with van der Waals surface area (Å²) in [6, 6.07) is 14.5. The molecule has 0 aliphatic carbocycles. The Balaban J connectivity index is 1.42. The van der Waals surface area contributed by atoms with Gasteiger partial charge in [-0.15, -0.1) is 0 Å². The number of hydrogen-bond acceptors (Lipinski definition) is 2. The van der Waals surface area contributed by atoms with Crippen molar-refractivity contribution in [2.24, 2.45) is 0 Å². The standard InChI is InChI=1S/C19H21ClFN3S/c20-16-3-1-15(2-4-16)9-10-22-19(25)24-13-11-23(12-14-24)18-7-5-17(21)6-8-18/h1-8H,9-14H2,(H,22,25). The second kappa shape index (κ2) is 8.50. The number of anilines is 1. The molecule has 0 bridgehead atoms. The van der Waals surface area contributed by atoms with E-state index in [0.717, 1.165) is 55.0 Å². The first-order chi connectivity index (χ1) is 12.1. The van der Waals surface area contributed by atoms with E-state index in [2.05, 4.69) is 15.1 Å². The molecule has 0 aromatic heterocycles. The fourth-order valence-electron chi connectivity index (χ4n) is 2.90. The van der Waals surface area contributed by atoms with Crippen LogP contribution >= 0.6 is 23.8 Å². The first kappa shape index (κ1) is 18.0. The molecule has 2 aromatic rings. The molecule has 2 aromatic carbocycles. The fourth-order valence-corrected chi connectivity index (χ4v) is 3.31. The molecule has 0 amide bonds. The normalized spacial score (nSPS) is 14.5. The van der Waals surface area contributed by atoms with Crippen LogP contribution in [0, 0.1) is 5.82 Å². The molecule has 1 N–H and O–H groups in total. The van der Waals surface area contributed by atoms with Gasteiger partial charge in [-0.05, 0) is 60.6 Å². The highest BCUT2D eigenvalue weighted by Gasteiger charge is 2.18. The highest BCUT2D eigenvalue weighted by Crippen LogP contribution is 2.17. The predicted octanol–water partition coefficient (Wildman–Crippen LogP) is 3.72. The van der Waals surface area contributed by atoms with Crippen LogP contribution in [0.25, 0.3) is 0 Å². The van der Waals surface area contributed by atoms with Gasteiger partial charge in [0, 0.05) is 43.4 Å². The van der Waals surface area contributed by atoms with Crippen LogP contribution in [-0.4, -0.2) is 42.7 Å². The first-order valence-corrected chi connectivity index (χ1v) is 9.18. The van der Waals surface area contributed by atoms with Crippen LogP contribution < -0.4 is 10.2 Å². The molecule has 1 aliphatic heterocycles. The first-order valence-electron chi connectivity index (χ1n) is 8.39. The van der Waals surface area contributed by atoms with Gasteiger partial charge in [-0.1, -0.05) is 23.7 Å². The lowest BCUT2D eigenvalue weighted by molar-refractivity contribution is 0.380. The number of nitrogens with one attached hydrogen (secondary N) is 1. The molecule has 0 unspecified atom stereocenters. The van der Waals surface area contributed by atoms with E-state index >= 15 is 0 Å². The van der Waals surface area contributed by atoms with Crippen LogP contribution in [0.4, 0.5) is 10.1 Å². The van der Waals surface area contributed by atoms with Crippen LogP contribution in [0.15, 0.2) is 48.5 Å². The van der Waals surface area contributed by atoms with Crippen LogP contribution in [-0.2, 0) is 6.42 Å². The number of piperazine rings is 1. The van der Waals surface area contributed by atoms with Crippen molar-refractivity contribution in [2.75, 3.05) is 37.6 Å². The number of hydrogen-bond donors (Lipinski definition) is 1. The van der Waals surface area contributed by atoms with Gasteiger partial charge >= 0.3 is 0 Å². The zero-order valence-corrected chi connectivity index (χ0v) is 15.5. The third-order valence-electron chi connectivity index (χ3n) is 4.36. The third kappa shape index (κ3) is 5.06. The maximum atomic E-state index is 13.0. The lowest BCUT2D eigenvalue weighted by Gasteiger charge is -2.37. The van der Waals surface area contributed by atoms with E-state index in [1.165, 1.54) is 17.7 Å². The Morgan fingerprint density at radius 3 is 2.28 bits per heavy atom. The summed E-state index contributed by atoms with van der Waals surface area (Å²) in [5.41, 5.74) is 2.29. The Hall–Kier alpha value is -1.85. The quantitative estimate of drug-likeness (QED) is 0.818. The summed E-state index contributed by atoms with van der Waals surface area (Å²) < 4.78 is 13.0. The van der Waals surface area contributed by atoms with Gasteiger partial charge in [-0.3, -0.25) is 0 Å². The molecule has 132 valence electrons. The van der Waals surface area contributed by atoms with Crippen molar-refractivity contribution in [1.29, 1.82) is 0 Å². The smallest absolute Gasteiger partial charge is 0.169 e. The van der Waals surface area contributed by atoms with Crippen LogP contribution in [0.5, 0.6) is 0 Å². The Kier molecular flexibility index (Phi) is 6.10. The summed E-state index contributed by atoms with van der Waals surface area (Å²) in [5.74, 6) is -0.201. The van der Waals surface area contributed by atoms with Gasteiger partial charge < -0.3 is 15.1 Å². The number of halogens is 2. The number of benzene rings is 2. The van der Waals surface area contributed by atoms with Crippen molar-refractivity contribution in [3.63, 3.8) is 0 Å². The molecule has 1 heterocycles.